The average molecular weight is 484 g/mol. The van der Waals surface area contributed by atoms with Crippen molar-refractivity contribution in [3.05, 3.63) is 89.2 Å². The molecular weight excluding hydrogens is 454 g/mol. The van der Waals surface area contributed by atoms with Gasteiger partial charge >= 0.3 is 0 Å². The van der Waals surface area contributed by atoms with E-state index in [2.05, 4.69) is 16.0 Å². The Morgan fingerprint density at radius 1 is 1.11 bits per heavy atom. The minimum absolute atomic E-state index is 0.322. The molecule has 2 aliphatic heterocycles. The van der Waals surface area contributed by atoms with Crippen LogP contribution in [0.5, 0.6) is 11.5 Å². The van der Waals surface area contributed by atoms with E-state index in [4.69, 9.17) is 9.47 Å². The van der Waals surface area contributed by atoms with Gasteiger partial charge in [-0.1, -0.05) is 42.5 Å². The highest BCUT2D eigenvalue weighted by Crippen LogP contribution is 2.69. The number of ether oxygens (including phenoxy) is 2. The Morgan fingerprint density at radius 2 is 1.83 bits per heavy atom. The number of rotatable bonds is 5. The second-order valence-corrected chi connectivity index (χ2v) is 10.0. The van der Waals surface area contributed by atoms with Crippen molar-refractivity contribution in [1.82, 2.24) is 9.88 Å². The summed E-state index contributed by atoms with van der Waals surface area (Å²) in [5.74, 6) is 0.0560. The van der Waals surface area contributed by atoms with Crippen LogP contribution in [0.3, 0.4) is 0 Å². The van der Waals surface area contributed by atoms with Gasteiger partial charge in [-0.3, -0.25) is 4.98 Å². The van der Waals surface area contributed by atoms with Crippen LogP contribution in [0.4, 0.5) is 0 Å². The van der Waals surface area contributed by atoms with Gasteiger partial charge < -0.3 is 24.6 Å². The van der Waals surface area contributed by atoms with Gasteiger partial charge in [0.15, 0.2) is 11.2 Å². The summed E-state index contributed by atoms with van der Waals surface area (Å²) in [4.78, 5) is 6.64. The van der Waals surface area contributed by atoms with Gasteiger partial charge in [0.25, 0.3) is 0 Å². The zero-order chi connectivity index (χ0) is 24.9. The summed E-state index contributed by atoms with van der Waals surface area (Å²) in [5, 5.41) is 34.3. The number of pyridine rings is 1. The van der Waals surface area contributed by atoms with Gasteiger partial charge in [0, 0.05) is 18.4 Å². The Kier molecular flexibility index (Phi) is 5.49. The van der Waals surface area contributed by atoms with Crippen molar-refractivity contribution in [2.75, 3.05) is 26.7 Å². The number of benzene rings is 2. The Morgan fingerprint density at radius 3 is 2.50 bits per heavy atom. The normalized spacial score (nSPS) is 30.9. The number of hydrogen-bond acceptors (Lipinski definition) is 7. The van der Waals surface area contributed by atoms with E-state index >= 15 is 0 Å². The number of hydrogen-bond donors (Lipinski definition) is 2. The molecule has 1 aliphatic carbocycles. The standard InChI is InChI=1S/C29H29N3O4/c1-35-23-16-31-17-24-26(23)28(34)27(33)22(18-32-13-5-6-14-32)25(20-7-3-2-4-8-20)29(28,36-24)21-11-9-19(15-30)10-12-21/h2-4,7-12,16-17,22,25,27,33-34H,5-6,13-14,18H2,1H3/t22-,25?,27-,28?,29+/m1/s1. The second-order valence-electron chi connectivity index (χ2n) is 10.0. The molecule has 5 atom stereocenters. The van der Waals surface area contributed by atoms with Crippen LogP contribution in [0, 0.1) is 17.2 Å². The summed E-state index contributed by atoms with van der Waals surface area (Å²) in [5.41, 5.74) is -0.570. The first-order valence-electron chi connectivity index (χ1n) is 12.4. The van der Waals surface area contributed by atoms with E-state index in [0.29, 0.717) is 34.7 Å². The quantitative estimate of drug-likeness (QED) is 0.575. The zero-order valence-electron chi connectivity index (χ0n) is 20.2. The van der Waals surface area contributed by atoms with Crippen molar-refractivity contribution < 1.29 is 19.7 Å². The number of aliphatic hydroxyl groups is 2. The third kappa shape index (κ3) is 3.05. The molecule has 1 saturated heterocycles. The molecule has 2 fully saturated rings. The average Bonchev–Trinajstić information content (AvgIpc) is 3.58. The molecule has 3 aromatic rings. The zero-order valence-corrected chi connectivity index (χ0v) is 20.2. The van der Waals surface area contributed by atoms with Crippen LogP contribution in [-0.4, -0.2) is 52.9 Å². The van der Waals surface area contributed by atoms with E-state index in [1.54, 1.807) is 24.5 Å². The Labute approximate surface area is 210 Å². The maximum Gasteiger partial charge on any atom is 0.177 e. The molecule has 0 amide bonds. The van der Waals surface area contributed by atoms with Gasteiger partial charge in [0.1, 0.15) is 11.5 Å². The molecule has 1 aromatic heterocycles. The number of aliphatic hydroxyl groups excluding tert-OH is 1. The highest BCUT2D eigenvalue weighted by molar-refractivity contribution is 5.59. The van der Waals surface area contributed by atoms with Crippen LogP contribution >= 0.6 is 0 Å². The van der Waals surface area contributed by atoms with E-state index in [0.717, 1.165) is 31.5 Å². The van der Waals surface area contributed by atoms with Gasteiger partial charge in [0.2, 0.25) is 0 Å². The number of likely N-dealkylation sites (tertiary alicyclic amines) is 1. The second kappa shape index (κ2) is 8.59. The van der Waals surface area contributed by atoms with Crippen LogP contribution < -0.4 is 9.47 Å². The lowest BCUT2D eigenvalue weighted by Gasteiger charge is -2.41. The molecule has 7 nitrogen and oxygen atoms in total. The number of nitrogens with zero attached hydrogens (tertiary/aromatic N) is 3. The molecule has 2 aromatic carbocycles. The number of fused-ring (bicyclic) bond motifs is 3. The molecule has 2 unspecified atom stereocenters. The van der Waals surface area contributed by atoms with Crippen LogP contribution in [0.25, 0.3) is 0 Å². The molecule has 0 radical (unpaired) electrons. The SMILES string of the molecule is COc1cncc2c1C1(O)[C@H](O)[C@H](CN3CCCC3)C(c3ccccc3)[C@]1(c1ccc(C#N)cc1)O2. The molecule has 3 aliphatic rings. The van der Waals surface area contributed by atoms with Crippen LogP contribution in [0.15, 0.2) is 67.0 Å². The summed E-state index contributed by atoms with van der Waals surface area (Å²) in [6.45, 7) is 2.57. The molecule has 0 bridgehead atoms. The third-order valence-electron chi connectivity index (χ3n) is 8.28. The van der Waals surface area contributed by atoms with E-state index in [-0.39, 0.29) is 11.8 Å². The van der Waals surface area contributed by atoms with Crippen molar-refractivity contribution >= 4 is 0 Å². The topological polar surface area (TPSA) is 98.8 Å². The summed E-state index contributed by atoms with van der Waals surface area (Å²) in [7, 11) is 1.53. The Balaban J connectivity index is 1.63. The molecule has 6 rings (SSSR count). The molecule has 2 N–H and O–H groups in total. The predicted molar refractivity (Wildman–Crippen MR) is 133 cm³/mol. The molecule has 7 heteroatoms. The minimum Gasteiger partial charge on any atom is -0.495 e. The predicted octanol–water partition coefficient (Wildman–Crippen LogP) is 3.31. The molecule has 1 saturated carbocycles. The molecular formula is C29H29N3O4. The lowest BCUT2D eigenvalue weighted by Crippen LogP contribution is -2.52. The van der Waals surface area contributed by atoms with E-state index in [1.165, 1.54) is 7.11 Å². The fourth-order valence-corrected chi connectivity index (χ4v) is 6.79. The lowest BCUT2D eigenvalue weighted by molar-refractivity contribution is -0.152. The van der Waals surface area contributed by atoms with E-state index < -0.39 is 17.3 Å². The van der Waals surface area contributed by atoms with Crippen molar-refractivity contribution in [3.63, 3.8) is 0 Å². The summed E-state index contributed by atoms with van der Waals surface area (Å²) >= 11 is 0. The maximum atomic E-state index is 12.8. The third-order valence-corrected chi connectivity index (χ3v) is 8.28. The van der Waals surface area contributed by atoms with Gasteiger partial charge in [-0.2, -0.15) is 5.26 Å². The highest BCUT2D eigenvalue weighted by atomic mass is 16.5. The number of aromatic nitrogens is 1. The van der Waals surface area contributed by atoms with Gasteiger partial charge in [-0.05, 0) is 49.2 Å². The van der Waals surface area contributed by atoms with Gasteiger partial charge in [-0.15, -0.1) is 0 Å². The Hall–Kier alpha value is -3.44. The van der Waals surface area contributed by atoms with E-state index in [9.17, 15) is 15.5 Å². The first-order chi connectivity index (χ1) is 17.5. The Bertz CT molecular complexity index is 1300. The van der Waals surface area contributed by atoms with Crippen molar-refractivity contribution in [3.8, 4) is 17.6 Å². The largest absolute Gasteiger partial charge is 0.495 e. The maximum absolute atomic E-state index is 12.8. The fraction of sp³-hybridized carbons (Fsp3) is 0.379. The van der Waals surface area contributed by atoms with Crippen LogP contribution in [-0.2, 0) is 11.2 Å². The van der Waals surface area contributed by atoms with Gasteiger partial charge in [0.05, 0.1) is 42.8 Å². The van der Waals surface area contributed by atoms with Crippen LogP contribution in [0.1, 0.15) is 41.0 Å². The monoisotopic (exact) mass is 483 g/mol. The fourth-order valence-electron chi connectivity index (χ4n) is 6.79. The first kappa shape index (κ1) is 23.0. The van der Waals surface area contributed by atoms with Crippen molar-refractivity contribution in [2.45, 2.75) is 36.1 Å². The van der Waals surface area contributed by atoms with Gasteiger partial charge in [-0.25, -0.2) is 0 Å². The van der Waals surface area contributed by atoms with Crippen molar-refractivity contribution in [2.24, 2.45) is 5.92 Å². The summed E-state index contributed by atoms with van der Waals surface area (Å²) in [6, 6.07) is 19.3. The van der Waals surface area contributed by atoms with Crippen LogP contribution in [0.2, 0.25) is 0 Å². The highest BCUT2D eigenvalue weighted by Gasteiger charge is 2.76. The van der Waals surface area contributed by atoms with E-state index in [1.807, 2.05) is 42.5 Å². The lowest BCUT2D eigenvalue weighted by atomic mass is 9.70. The molecule has 3 heterocycles. The summed E-state index contributed by atoms with van der Waals surface area (Å²) < 4.78 is 12.4. The minimum atomic E-state index is -1.81. The smallest absolute Gasteiger partial charge is 0.177 e. The molecule has 184 valence electrons. The number of methoxy groups -OCH3 is 1. The molecule has 36 heavy (non-hydrogen) atoms. The van der Waals surface area contributed by atoms with Crippen molar-refractivity contribution in [1.29, 1.82) is 5.26 Å². The molecule has 0 spiro atoms. The summed E-state index contributed by atoms with van der Waals surface area (Å²) in [6.07, 6.45) is 4.24. The number of nitriles is 1. The first-order valence-corrected chi connectivity index (χ1v) is 12.4.